The zero-order valence-electron chi connectivity index (χ0n) is 13.6. The van der Waals surface area contributed by atoms with Gasteiger partial charge in [-0.3, -0.25) is 4.79 Å². The van der Waals surface area contributed by atoms with Crippen LogP contribution in [0, 0.1) is 12.7 Å². The Morgan fingerprint density at radius 2 is 2.00 bits per heavy atom. The van der Waals surface area contributed by atoms with Crippen molar-refractivity contribution in [2.75, 3.05) is 0 Å². The number of hydrogen-bond donors (Lipinski definition) is 2. The number of benzene rings is 2. The van der Waals surface area contributed by atoms with E-state index >= 15 is 0 Å². The van der Waals surface area contributed by atoms with Crippen molar-refractivity contribution in [3.63, 3.8) is 0 Å². The van der Waals surface area contributed by atoms with E-state index in [-0.39, 0.29) is 11.8 Å². The number of guanidine groups is 1. The van der Waals surface area contributed by atoms with Gasteiger partial charge in [-0.2, -0.15) is 4.99 Å². The number of hydrogen-bond acceptors (Lipinski definition) is 1. The minimum atomic E-state index is -0.538. The second-order valence-corrected chi connectivity index (χ2v) is 6.33. The van der Waals surface area contributed by atoms with Gasteiger partial charge in [-0.15, -0.1) is 0 Å². The van der Waals surface area contributed by atoms with Crippen molar-refractivity contribution in [2.24, 2.45) is 16.5 Å². The molecule has 1 amide bonds. The lowest BCUT2D eigenvalue weighted by atomic mass is 9.85. The normalized spacial score (nSPS) is 13.0. The van der Waals surface area contributed by atoms with Crippen LogP contribution in [0.5, 0.6) is 0 Å². The number of rotatable bonds is 2. The first-order valence-corrected chi connectivity index (χ1v) is 8.18. The molecular weight excluding hydrogens is 341 g/mol. The number of nitrogens with two attached hydrogens (primary N) is 2. The number of halogens is 2. The minimum absolute atomic E-state index is 0.300. The second kappa shape index (κ2) is 6.69. The number of fused-ring (bicyclic) bond motifs is 1. The number of allylic oxidation sites excluding steroid dienone is 1. The molecule has 0 saturated carbocycles. The predicted molar refractivity (Wildman–Crippen MR) is 98.1 cm³/mol. The van der Waals surface area contributed by atoms with Gasteiger partial charge in [-0.1, -0.05) is 29.8 Å². The van der Waals surface area contributed by atoms with Crippen LogP contribution in [-0.4, -0.2) is 11.9 Å². The standard InChI is InChI=1S/C19H17ClFN3O/c1-10-5-8-15(20)16(17(10)21)13-4-2-3-11-6-7-12(9-14(11)13)18(25)24-19(22)23/h4-9H,2-3H2,1H3,(H4,22,23,24,25). The lowest BCUT2D eigenvalue weighted by molar-refractivity contribution is 0.100. The molecule has 2 aromatic rings. The summed E-state index contributed by atoms with van der Waals surface area (Å²) in [4.78, 5) is 15.7. The summed E-state index contributed by atoms with van der Waals surface area (Å²) in [5, 5.41) is 0.336. The zero-order valence-corrected chi connectivity index (χ0v) is 14.4. The van der Waals surface area contributed by atoms with Crippen molar-refractivity contribution in [3.05, 3.63) is 75.1 Å². The topological polar surface area (TPSA) is 81.5 Å². The molecule has 1 aliphatic rings. The molecule has 25 heavy (non-hydrogen) atoms. The summed E-state index contributed by atoms with van der Waals surface area (Å²) < 4.78 is 14.7. The van der Waals surface area contributed by atoms with Gasteiger partial charge < -0.3 is 11.5 Å². The lowest BCUT2D eigenvalue weighted by Gasteiger charge is -2.20. The van der Waals surface area contributed by atoms with Crippen LogP contribution in [0.1, 0.15) is 39.0 Å². The van der Waals surface area contributed by atoms with Gasteiger partial charge >= 0.3 is 0 Å². The Labute approximate surface area is 150 Å². The Kier molecular flexibility index (Phi) is 4.59. The highest BCUT2D eigenvalue weighted by Gasteiger charge is 2.22. The number of amides is 1. The van der Waals surface area contributed by atoms with Crippen LogP contribution in [0.3, 0.4) is 0 Å². The third-order valence-electron chi connectivity index (χ3n) is 4.19. The molecule has 0 radical (unpaired) electrons. The number of carbonyl (C=O) groups excluding carboxylic acids is 1. The van der Waals surface area contributed by atoms with Crippen molar-refractivity contribution < 1.29 is 9.18 Å². The fourth-order valence-corrected chi connectivity index (χ4v) is 3.23. The molecule has 0 saturated heterocycles. The van der Waals surface area contributed by atoms with E-state index in [4.69, 9.17) is 23.1 Å². The van der Waals surface area contributed by atoms with E-state index in [9.17, 15) is 9.18 Å². The molecule has 4 N–H and O–H groups in total. The molecule has 0 aliphatic heterocycles. The Balaban J connectivity index is 2.16. The van der Waals surface area contributed by atoms with Crippen molar-refractivity contribution >= 4 is 29.0 Å². The summed E-state index contributed by atoms with van der Waals surface area (Å²) >= 11 is 6.27. The van der Waals surface area contributed by atoms with Crippen LogP contribution in [0.25, 0.3) is 5.57 Å². The Morgan fingerprint density at radius 3 is 2.72 bits per heavy atom. The largest absolute Gasteiger partial charge is 0.370 e. The number of aliphatic imine (C=N–C) groups is 1. The number of carbonyl (C=O) groups is 1. The van der Waals surface area contributed by atoms with Crippen molar-refractivity contribution in [1.29, 1.82) is 0 Å². The van der Waals surface area contributed by atoms with Gasteiger partial charge in [0.1, 0.15) is 5.82 Å². The second-order valence-electron chi connectivity index (χ2n) is 5.92. The van der Waals surface area contributed by atoms with Crippen molar-refractivity contribution in [3.8, 4) is 0 Å². The Morgan fingerprint density at radius 1 is 1.24 bits per heavy atom. The lowest BCUT2D eigenvalue weighted by Crippen LogP contribution is -2.24. The van der Waals surface area contributed by atoms with Gasteiger partial charge in [-0.05, 0) is 60.2 Å². The maximum atomic E-state index is 14.7. The monoisotopic (exact) mass is 357 g/mol. The average Bonchev–Trinajstić information content (AvgIpc) is 2.57. The maximum absolute atomic E-state index is 14.7. The van der Waals surface area contributed by atoms with Gasteiger partial charge in [-0.25, -0.2) is 4.39 Å². The fraction of sp³-hybridized carbons (Fsp3) is 0.158. The van der Waals surface area contributed by atoms with E-state index in [0.717, 1.165) is 24.0 Å². The molecule has 2 aromatic carbocycles. The first-order valence-electron chi connectivity index (χ1n) is 7.81. The van der Waals surface area contributed by atoms with Gasteiger partial charge in [0.05, 0.1) is 5.02 Å². The summed E-state index contributed by atoms with van der Waals surface area (Å²) in [6.45, 7) is 1.69. The van der Waals surface area contributed by atoms with E-state index in [2.05, 4.69) is 4.99 Å². The SMILES string of the molecule is Cc1ccc(Cl)c(C2=CCCc3ccc(C(=O)N=C(N)N)cc32)c1F. The number of aryl methyl sites for hydroxylation is 2. The third kappa shape index (κ3) is 3.28. The highest BCUT2D eigenvalue weighted by molar-refractivity contribution is 6.32. The van der Waals surface area contributed by atoms with Crippen LogP contribution in [0.4, 0.5) is 4.39 Å². The first-order chi connectivity index (χ1) is 11.9. The van der Waals surface area contributed by atoms with Crippen LogP contribution < -0.4 is 11.5 Å². The quantitative estimate of drug-likeness (QED) is 0.636. The maximum Gasteiger partial charge on any atom is 0.280 e. The molecule has 0 fully saturated rings. The molecule has 1 aliphatic carbocycles. The van der Waals surface area contributed by atoms with Gasteiger partial charge in [0.15, 0.2) is 5.96 Å². The molecule has 6 heteroatoms. The highest BCUT2D eigenvalue weighted by atomic mass is 35.5. The fourth-order valence-electron chi connectivity index (χ4n) is 2.98. The van der Waals surface area contributed by atoms with Crippen molar-refractivity contribution in [1.82, 2.24) is 0 Å². The van der Waals surface area contributed by atoms with Crippen molar-refractivity contribution in [2.45, 2.75) is 19.8 Å². The van der Waals surface area contributed by atoms with Crippen LogP contribution >= 0.6 is 11.6 Å². The Bertz CT molecular complexity index is 931. The molecule has 128 valence electrons. The summed E-state index contributed by atoms with van der Waals surface area (Å²) in [6.07, 6.45) is 3.52. The molecule has 0 spiro atoms. The zero-order chi connectivity index (χ0) is 18.1. The minimum Gasteiger partial charge on any atom is -0.370 e. The van der Waals surface area contributed by atoms with E-state index in [1.165, 1.54) is 0 Å². The van der Waals surface area contributed by atoms with E-state index in [0.29, 0.717) is 27.3 Å². The van der Waals surface area contributed by atoms with Crippen LogP contribution in [0.15, 0.2) is 41.4 Å². The van der Waals surface area contributed by atoms with E-state index in [1.807, 2.05) is 12.1 Å². The number of nitrogens with zero attached hydrogens (tertiary/aromatic N) is 1. The Hall–Kier alpha value is -2.66. The summed E-state index contributed by atoms with van der Waals surface area (Å²) in [5.74, 6) is -1.19. The molecule has 3 rings (SSSR count). The van der Waals surface area contributed by atoms with Crippen LogP contribution in [-0.2, 0) is 6.42 Å². The summed E-state index contributed by atoms with van der Waals surface area (Å²) in [6, 6.07) is 8.53. The predicted octanol–water partition coefficient (Wildman–Crippen LogP) is 3.58. The molecule has 0 unspecified atom stereocenters. The smallest absolute Gasteiger partial charge is 0.280 e. The van der Waals surface area contributed by atoms with E-state index in [1.54, 1.807) is 31.2 Å². The molecular formula is C19H17ClFN3O. The molecule has 0 bridgehead atoms. The summed E-state index contributed by atoms with van der Waals surface area (Å²) in [5.41, 5.74) is 14.2. The van der Waals surface area contributed by atoms with Gasteiger partial charge in [0.25, 0.3) is 5.91 Å². The van der Waals surface area contributed by atoms with E-state index < -0.39 is 5.91 Å². The van der Waals surface area contributed by atoms with Gasteiger partial charge in [0.2, 0.25) is 0 Å². The molecule has 0 aromatic heterocycles. The molecule has 0 heterocycles. The first kappa shape index (κ1) is 17.2. The average molecular weight is 358 g/mol. The summed E-state index contributed by atoms with van der Waals surface area (Å²) in [7, 11) is 0. The highest BCUT2D eigenvalue weighted by Crippen LogP contribution is 2.38. The van der Waals surface area contributed by atoms with Crippen LogP contribution in [0.2, 0.25) is 5.02 Å². The molecule has 0 atom stereocenters. The molecule has 4 nitrogen and oxygen atoms in total. The third-order valence-corrected chi connectivity index (χ3v) is 4.51. The van der Waals surface area contributed by atoms with Gasteiger partial charge in [0, 0.05) is 11.1 Å².